The van der Waals surface area contributed by atoms with Crippen LogP contribution < -0.4 is 10.2 Å². The molecule has 19 heavy (non-hydrogen) atoms. The van der Waals surface area contributed by atoms with Gasteiger partial charge in [0.1, 0.15) is 5.75 Å². The lowest BCUT2D eigenvalue weighted by Crippen LogP contribution is -2.22. The van der Waals surface area contributed by atoms with E-state index in [9.17, 15) is 10.2 Å². The Kier molecular flexibility index (Phi) is 6.12. The summed E-state index contributed by atoms with van der Waals surface area (Å²) in [6.45, 7) is 7.50. The topological polar surface area (TPSA) is 55.7 Å². The van der Waals surface area contributed by atoms with Crippen molar-refractivity contribution in [3.05, 3.63) is 23.8 Å². The summed E-state index contributed by atoms with van der Waals surface area (Å²) >= 11 is 0. The molecular formula is C15H26N2O2. The fourth-order valence-electron chi connectivity index (χ4n) is 2.06. The maximum atomic E-state index is 10.1. The van der Waals surface area contributed by atoms with Crippen LogP contribution in [-0.2, 0) is 0 Å². The highest BCUT2D eigenvalue weighted by molar-refractivity contribution is 5.53. The number of rotatable bonds is 7. The second-order valence-corrected chi connectivity index (χ2v) is 5.08. The van der Waals surface area contributed by atoms with Crippen LogP contribution in [0.25, 0.3) is 0 Å². The van der Waals surface area contributed by atoms with E-state index in [1.54, 1.807) is 13.0 Å². The van der Waals surface area contributed by atoms with Crippen LogP contribution in [0.5, 0.6) is 5.75 Å². The summed E-state index contributed by atoms with van der Waals surface area (Å²) < 4.78 is 0. The first kappa shape index (κ1) is 15.8. The highest BCUT2D eigenvalue weighted by Crippen LogP contribution is 2.28. The van der Waals surface area contributed by atoms with Gasteiger partial charge in [0.15, 0.2) is 0 Å². The van der Waals surface area contributed by atoms with Crippen LogP contribution in [0, 0.1) is 0 Å². The van der Waals surface area contributed by atoms with E-state index in [2.05, 4.69) is 5.32 Å². The average molecular weight is 266 g/mol. The Hall–Kier alpha value is -1.26. The number of phenols is 1. The van der Waals surface area contributed by atoms with Gasteiger partial charge in [-0.15, -0.1) is 0 Å². The van der Waals surface area contributed by atoms with Gasteiger partial charge >= 0.3 is 0 Å². The summed E-state index contributed by atoms with van der Waals surface area (Å²) in [5.74, 6) is 0.315. The van der Waals surface area contributed by atoms with Gasteiger partial charge in [-0.2, -0.15) is 0 Å². The van der Waals surface area contributed by atoms with Crippen molar-refractivity contribution in [1.82, 2.24) is 5.32 Å². The average Bonchev–Trinajstić information content (AvgIpc) is 2.35. The minimum Gasteiger partial charge on any atom is -0.508 e. The molecule has 0 aliphatic heterocycles. The van der Waals surface area contributed by atoms with E-state index in [0.29, 0.717) is 12.2 Å². The van der Waals surface area contributed by atoms with Gasteiger partial charge in [-0.05, 0) is 32.9 Å². The Morgan fingerprint density at radius 2 is 2.00 bits per heavy atom. The predicted octanol–water partition coefficient (Wildman–Crippen LogP) is 2.27. The van der Waals surface area contributed by atoms with Crippen molar-refractivity contribution in [3.8, 4) is 5.75 Å². The highest BCUT2D eigenvalue weighted by atomic mass is 16.3. The number of aliphatic hydroxyl groups is 1. The fraction of sp³-hybridized carbons (Fsp3) is 0.600. The molecule has 2 unspecified atom stereocenters. The van der Waals surface area contributed by atoms with Crippen molar-refractivity contribution in [2.24, 2.45) is 0 Å². The molecule has 0 fully saturated rings. The fourth-order valence-corrected chi connectivity index (χ4v) is 2.06. The van der Waals surface area contributed by atoms with Gasteiger partial charge in [0.05, 0.1) is 6.10 Å². The highest BCUT2D eigenvalue weighted by Gasteiger charge is 2.11. The Labute approximate surface area is 116 Å². The maximum Gasteiger partial charge on any atom is 0.122 e. The first-order chi connectivity index (χ1) is 8.95. The zero-order valence-electron chi connectivity index (χ0n) is 12.3. The second-order valence-electron chi connectivity index (χ2n) is 5.08. The number of hydrogen-bond acceptors (Lipinski definition) is 4. The van der Waals surface area contributed by atoms with Crippen molar-refractivity contribution in [2.45, 2.75) is 39.3 Å². The van der Waals surface area contributed by atoms with Crippen molar-refractivity contribution in [2.75, 3.05) is 25.0 Å². The largest absolute Gasteiger partial charge is 0.508 e. The van der Waals surface area contributed by atoms with E-state index >= 15 is 0 Å². The van der Waals surface area contributed by atoms with Gasteiger partial charge in [0.2, 0.25) is 0 Å². The Morgan fingerprint density at radius 3 is 2.53 bits per heavy atom. The molecule has 0 radical (unpaired) electrons. The molecule has 2 atom stereocenters. The number of aromatic hydroxyl groups is 1. The van der Waals surface area contributed by atoms with Gasteiger partial charge in [-0.1, -0.05) is 13.0 Å². The summed E-state index contributed by atoms with van der Waals surface area (Å²) in [4.78, 5) is 2.04. The third kappa shape index (κ3) is 4.73. The van der Waals surface area contributed by atoms with Crippen molar-refractivity contribution >= 4 is 5.69 Å². The Morgan fingerprint density at radius 1 is 1.32 bits per heavy atom. The number of nitrogens with one attached hydrogen (secondary N) is 1. The van der Waals surface area contributed by atoms with Gasteiger partial charge in [-0.25, -0.2) is 0 Å². The van der Waals surface area contributed by atoms with Crippen molar-refractivity contribution in [3.63, 3.8) is 0 Å². The summed E-state index contributed by atoms with van der Waals surface area (Å²) in [6, 6.07) is 5.88. The third-order valence-corrected chi connectivity index (χ3v) is 3.31. The standard InChI is InChI=1S/C15H26N2O2/c1-5-16-12(3)14-7-6-13(10-15(14)19)17(4)9-8-11(2)18/h6-7,10-12,16,18-19H,5,8-9H2,1-4H3. The lowest BCUT2D eigenvalue weighted by molar-refractivity contribution is 0.187. The van der Waals surface area contributed by atoms with E-state index in [1.807, 2.05) is 37.9 Å². The molecule has 0 saturated heterocycles. The molecule has 0 heterocycles. The molecule has 3 N–H and O–H groups in total. The van der Waals surface area contributed by atoms with Gasteiger partial charge in [0, 0.05) is 37.0 Å². The molecule has 0 bridgehead atoms. The van der Waals surface area contributed by atoms with Crippen LogP contribution in [-0.4, -0.2) is 36.5 Å². The molecule has 4 heteroatoms. The lowest BCUT2D eigenvalue weighted by atomic mass is 10.1. The van der Waals surface area contributed by atoms with Crippen LogP contribution in [0.3, 0.4) is 0 Å². The zero-order chi connectivity index (χ0) is 14.4. The monoisotopic (exact) mass is 266 g/mol. The number of aliphatic hydroxyl groups excluding tert-OH is 1. The molecule has 1 aromatic rings. The van der Waals surface area contributed by atoms with Crippen molar-refractivity contribution < 1.29 is 10.2 Å². The zero-order valence-corrected chi connectivity index (χ0v) is 12.3. The minimum absolute atomic E-state index is 0.141. The van der Waals surface area contributed by atoms with E-state index in [1.165, 1.54) is 0 Å². The Bertz CT molecular complexity index is 394. The predicted molar refractivity (Wildman–Crippen MR) is 79.8 cm³/mol. The summed E-state index contributed by atoms with van der Waals surface area (Å²) in [7, 11) is 1.96. The SMILES string of the molecule is CCNC(C)c1ccc(N(C)CCC(C)O)cc1O. The van der Waals surface area contributed by atoms with Crippen LogP contribution in [0.4, 0.5) is 5.69 Å². The Balaban J connectivity index is 2.75. The number of benzene rings is 1. The number of anilines is 1. The smallest absolute Gasteiger partial charge is 0.122 e. The van der Waals surface area contributed by atoms with Gasteiger partial charge in [0.25, 0.3) is 0 Å². The van der Waals surface area contributed by atoms with E-state index in [4.69, 9.17) is 0 Å². The molecule has 0 aromatic heterocycles. The molecular weight excluding hydrogens is 240 g/mol. The molecule has 108 valence electrons. The van der Waals surface area contributed by atoms with Crippen molar-refractivity contribution in [1.29, 1.82) is 0 Å². The number of nitrogens with zero attached hydrogens (tertiary/aromatic N) is 1. The summed E-state index contributed by atoms with van der Waals surface area (Å²) in [6.07, 6.45) is 0.413. The van der Waals surface area contributed by atoms with Crippen LogP contribution in [0.2, 0.25) is 0 Å². The summed E-state index contributed by atoms with van der Waals surface area (Å²) in [5.41, 5.74) is 1.88. The maximum absolute atomic E-state index is 10.1. The minimum atomic E-state index is -0.302. The molecule has 0 aliphatic rings. The molecule has 0 amide bonds. The molecule has 0 spiro atoms. The molecule has 1 rings (SSSR count). The first-order valence-corrected chi connectivity index (χ1v) is 6.91. The molecule has 4 nitrogen and oxygen atoms in total. The van der Waals surface area contributed by atoms with Gasteiger partial charge < -0.3 is 20.4 Å². The van der Waals surface area contributed by atoms with E-state index in [-0.39, 0.29) is 12.1 Å². The summed E-state index contributed by atoms with van der Waals surface area (Å²) in [5, 5.41) is 22.7. The number of hydrogen-bond donors (Lipinski definition) is 3. The third-order valence-electron chi connectivity index (χ3n) is 3.31. The van der Waals surface area contributed by atoms with Crippen LogP contribution >= 0.6 is 0 Å². The molecule has 0 saturated carbocycles. The first-order valence-electron chi connectivity index (χ1n) is 6.91. The van der Waals surface area contributed by atoms with E-state index in [0.717, 1.165) is 24.3 Å². The van der Waals surface area contributed by atoms with Gasteiger partial charge in [-0.3, -0.25) is 0 Å². The van der Waals surface area contributed by atoms with Crippen LogP contribution in [0.1, 0.15) is 38.8 Å². The van der Waals surface area contributed by atoms with Crippen LogP contribution in [0.15, 0.2) is 18.2 Å². The van der Waals surface area contributed by atoms with E-state index < -0.39 is 0 Å². The quantitative estimate of drug-likeness (QED) is 0.708. The molecule has 1 aromatic carbocycles. The number of phenolic OH excluding ortho intramolecular Hbond substituents is 1. The normalized spacial score (nSPS) is 14.2. The second kappa shape index (κ2) is 7.36. The molecule has 0 aliphatic carbocycles. The lowest BCUT2D eigenvalue weighted by Gasteiger charge is -2.22.